The Morgan fingerprint density at radius 1 is 1.37 bits per heavy atom. The van der Waals surface area contributed by atoms with E-state index in [-0.39, 0.29) is 5.91 Å². The fourth-order valence-corrected chi connectivity index (χ4v) is 2.17. The second-order valence-corrected chi connectivity index (χ2v) is 4.68. The molecule has 1 atom stereocenters. The second kappa shape index (κ2) is 7.02. The molecule has 0 heterocycles. The summed E-state index contributed by atoms with van der Waals surface area (Å²) in [6.45, 7) is 9.79. The lowest BCUT2D eigenvalue weighted by Crippen LogP contribution is -2.35. The molecule has 1 amide bonds. The van der Waals surface area contributed by atoms with E-state index in [1.165, 1.54) is 0 Å². The average Bonchev–Trinajstić information content (AvgIpc) is 2.39. The van der Waals surface area contributed by atoms with Gasteiger partial charge in [-0.2, -0.15) is 0 Å². The lowest BCUT2D eigenvalue weighted by molar-refractivity contribution is 0.0956. The van der Waals surface area contributed by atoms with Crippen molar-refractivity contribution in [2.45, 2.75) is 40.2 Å². The third-order valence-corrected chi connectivity index (χ3v) is 3.38. The van der Waals surface area contributed by atoms with Gasteiger partial charge in [-0.1, -0.05) is 6.92 Å². The second-order valence-electron chi connectivity index (χ2n) is 4.68. The summed E-state index contributed by atoms with van der Waals surface area (Å²) >= 11 is 0. The first-order valence-electron chi connectivity index (χ1n) is 6.99. The summed E-state index contributed by atoms with van der Waals surface area (Å²) in [5.41, 5.74) is 8.17. The van der Waals surface area contributed by atoms with Crippen LogP contribution >= 0.6 is 0 Å². The molecule has 0 aliphatic heterocycles. The van der Waals surface area contributed by atoms with E-state index in [4.69, 9.17) is 5.73 Å². The van der Waals surface area contributed by atoms with Gasteiger partial charge in [0.2, 0.25) is 0 Å². The van der Waals surface area contributed by atoms with Crippen LogP contribution in [-0.2, 0) is 0 Å². The summed E-state index contributed by atoms with van der Waals surface area (Å²) in [4.78, 5) is 14.4. The number of nitrogen functional groups attached to an aromatic ring is 1. The largest absolute Gasteiger partial charge is 0.399 e. The van der Waals surface area contributed by atoms with Gasteiger partial charge in [0, 0.05) is 24.8 Å². The van der Waals surface area contributed by atoms with Crippen LogP contribution in [0.3, 0.4) is 0 Å². The number of rotatable bonds is 6. The van der Waals surface area contributed by atoms with E-state index in [2.05, 4.69) is 31.0 Å². The van der Waals surface area contributed by atoms with Gasteiger partial charge in [0.25, 0.3) is 5.91 Å². The molecule has 0 aromatic heterocycles. The number of nitrogens with zero attached hydrogens (tertiary/aromatic N) is 1. The Kier molecular flexibility index (Phi) is 5.67. The molecule has 0 aliphatic rings. The Morgan fingerprint density at radius 3 is 2.58 bits per heavy atom. The number of anilines is 2. The van der Waals surface area contributed by atoms with Gasteiger partial charge in [0.1, 0.15) is 0 Å². The van der Waals surface area contributed by atoms with Gasteiger partial charge in [-0.3, -0.25) is 4.79 Å². The Balaban J connectivity index is 3.22. The van der Waals surface area contributed by atoms with Gasteiger partial charge >= 0.3 is 0 Å². The maximum Gasteiger partial charge on any atom is 0.253 e. The maximum absolute atomic E-state index is 12.1. The van der Waals surface area contributed by atoms with Crippen molar-refractivity contribution in [2.75, 3.05) is 23.7 Å². The van der Waals surface area contributed by atoms with E-state index in [1.807, 2.05) is 13.0 Å². The maximum atomic E-state index is 12.1. The minimum Gasteiger partial charge on any atom is -0.399 e. The Labute approximate surface area is 116 Å². The summed E-state index contributed by atoms with van der Waals surface area (Å²) in [7, 11) is 0. The van der Waals surface area contributed by atoms with Gasteiger partial charge in [-0.15, -0.1) is 0 Å². The van der Waals surface area contributed by atoms with Crippen molar-refractivity contribution in [1.29, 1.82) is 0 Å². The molecule has 0 bridgehead atoms. The number of hydrogen-bond donors (Lipinski definition) is 2. The average molecular weight is 263 g/mol. The zero-order chi connectivity index (χ0) is 14.4. The predicted octanol–water partition coefficient (Wildman–Crippen LogP) is 2.64. The minimum absolute atomic E-state index is 0.0424. The van der Waals surface area contributed by atoms with Gasteiger partial charge < -0.3 is 16.0 Å². The highest BCUT2D eigenvalue weighted by Gasteiger charge is 2.18. The first-order valence-corrected chi connectivity index (χ1v) is 6.99. The van der Waals surface area contributed by atoms with Crippen molar-refractivity contribution >= 4 is 17.3 Å². The summed E-state index contributed by atoms with van der Waals surface area (Å²) in [6.07, 6.45) is 1.03. The fourth-order valence-electron chi connectivity index (χ4n) is 2.17. The molecule has 19 heavy (non-hydrogen) atoms. The van der Waals surface area contributed by atoms with Crippen LogP contribution in [0.25, 0.3) is 0 Å². The van der Waals surface area contributed by atoms with Crippen LogP contribution in [0.2, 0.25) is 0 Å². The smallest absolute Gasteiger partial charge is 0.253 e. The van der Waals surface area contributed by atoms with E-state index in [1.54, 1.807) is 12.1 Å². The van der Waals surface area contributed by atoms with E-state index in [0.717, 1.165) is 18.7 Å². The van der Waals surface area contributed by atoms with Crippen molar-refractivity contribution in [3.63, 3.8) is 0 Å². The molecule has 0 fully saturated rings. The standard InChI is InChI=1S/C15H25N3O/c1-5-11(4)18(7-3)14-10-12(16)8-9-13(14)15(19)17-6-2/h8-11H,5-7,16H2,1-4H3,(H,17,19). The molecule has 1 rings (SSSR count). The Bertz CT molecular complexity index is 431. The first-order chi connectivity index (χ1) is 9.04. The fraction of sp³-hybridized carbons (Fsp3) is 0.533. The molecular weight excluding hydrogens is 238 g/mol. The van der Waals surface area contributed by atoms with Crippen LogP contribution in [0, 0.1) is 0 Å². The molecule has 0 saturated carbocycles. The highest BCUT2D eigenvalue weighted by molar-refractivity contribution is 6.00. The van der Waals surface area contributed by atoms with E-state index in [0.29, 0.717) is 23.8 Å². The van der Waals surface area contributed by atoms with Crippen molar-refractivity contribution in [3.8, 4) is 0 Å². The number of nitrogens with two attached hydrogens (primary N) is 1. The molecule has 106 valence electrons. The molecule has 0 saturated heterocycles. The lowest BCUT2D eigenvalue weighted by atomic mass is 10.1. The van der Waals surface area contributed by atoms with Crippen molar-refractivity contribution < 1.29 is 4.79 Å². The van der Waals surface area contributed by atoms with Crippen LogP contribution in [-0.4, -0.2) is 25.0 Å². The Hall–Kier alpha value is -1.71. The monoisotopic (exact) mass is 263 g/mol. The molecule has 0 spiro atoms. The topological polar surface area (TPSA) is 58.4 Å². The van der Waals surface area contributed by atoms with E-state index in [9.17, 15) is 4.79 Å². The van der Waals surface area contributed by atoms with Gasteiger partial charge in [-0.05, 0) is 45.4 Å². The third kappa shape index (κ3) is 3.63. The zero-order valence-electron chi connectivity index (χ0n) is 12.4. The molecule has 1 aromatic rings. The summed E-state index contributed by atoms with van der Waals surface area (Å²) < 4.78 is 0. The molecule has 4 heteroatoms. The summed E-state index contributed by atoms with van der Waals surface area (Å²) in [5.74, 6) is -0.0424. The normalized spacial score (nSPS) is 12.0. The number of benzene rings is 1. The highest BCUT2D eigenvalue weighted by Crippen LogP contribution is 2.26. The van der Waals surface area contributed by atoms with E-state index >= 15 is 0 Å². The zero-order valence-corrected chi connectivity index (χ0v) is 12.4. The van der Waals surface area contributed by atoms with Gasteiger partial charge in [0.15, 0.2) is 0 Å². The third-order valence-electron chi connectivity index (χ3n) is 3.38. The molecule has 3 N–H and O–H groups in total. The van der Waals surface area contributed by atoms with Crippen LogP contribution in [0.15, 0.2) is 18.2 Å². The number of carbonyl (C=O) groups is 1. The highest BCUT2D eigenvalue weighted by atomic mass is 16.1. The van der Waals surface area contributed by atoms with Crippen LogP contribution in [0.1, 0.15) is 44.5 Å². The quantitative estimate of drug-likeness (QED) is 0.776. The van der Waals surface area contributed by atoms with Gasteiger partial charge in [0.05, 0.1) is 11.3 Å². The number of nitrogens with one attached hydrogen (secondary N) is 1. The molecule has 0 aliphatic carbocycles. The van der Waals surface area contributed by atoms with Crippen molar-refractivity contribution in [3.05, 3.63) is 23.8 Å². The van der Waals surface area contributed by atoms with Crippen LogP contribution in [0.4, 0.5) is 11.4 Å². The predicted molar refractivity (Wildman–Crippen MR) is 81.6 cm³/mol. The minimum atomic E-state index is -0.0424. The van der Waals surface area contributed by atoms with Crippen LogP contribution in [0.5, 0.6) is 0 Å². The first kappa shape index (κ1) is 15.3. The molecule has 1 aromatic carbocycles. The van der Waals surface area contributed by atoms with E-state index < -0.39 is 0 Å². The number of hydrogen-bond acceptors (Lipinski definition) is 3. The van der Waals surface area contributed by atoms with Crippen molar-refractivity contribution in [2.24, 2.45) is 0 Å². The summed E-state index contributed by atoms with van der Waals surface area (Å²) in [6, 6.07) is 5.85. The lowest BCUT2D eigenvalue weighted by Gasteiger charge is -2.31. The van der Waals surface area contributed by atoms with Crippen molar-refractivity contribution in [1.82, 2.24) is 5.32 Å². The van der Waals surface area contributed by atoms with Crippen LogP contribution < -0.4 is 16.0 Å². The Morgan fingerprint density at radius 2 is 2.05 bits per heavy atom. The summed E-state index contributed by atoms with van der Waals surface area (Å²) in [5, 5.41) is 2.85. The number of carbonyl (C=O) groups excluding carboxylic acids is 1. The molecule has 1 unspecified atom stereocenters. The molecule has 4 nitrogen and oxygen atoms in total. The molecule has 0 radical (unpaired) electrons. The SMILES string of the molecule is CCNC(=O)c1ccc(N)cc1N(CC)C(C)CC. The van der Waals surface area contributed by atoms with Gasteiger partial charge in [-0.25, -0.2) is 0 Å². The number of amides is 1. The molecular formula is C15H25N3O.